The van der Waals surface area contributed by atoms with Crippen molar-refractivity contribution in [3.8, 4) is 11.5 Å². The molecule has 1 unspecified atom stereocenters. The number of carbonyl (C=O) groups excluding carboxylic acids is 1. The van der Waals surface area contributed by atoms with E-state index in [1.165, 1.54) is 4.88 Å². The van der Waals surface area contributed by atoms with Gasteiger partial charge >= 0.3 is 6.03 Å². The van der Waals surface area contributed by atoms with Gasteiger partial charge in [-0.25, -0.2) is 9.78 Å². The monoisotopic (exact) mass is 373 g/mol. The van der Waals surface area contributed by atoms with E-state index in [-0.39, 0.29) is 18.9 Å². The van der Waals surface area contributed by atoms with Crippen molar-refractivity contribution in [3.63, 3.8) is 0 Å². The molecule has 26 heavy (non-hydrogen) atoms. The topological polar surface area (TPSA) is 63.7 Å². The van der Waals surface area contributed by atoms with Gasteiger partial charge in [-0.3, -0.25) is 0 Å². The van der Waals surface area contributed by atoms with E-state index in [1.807, 2.05) is 43.1 Å². The Hall–Kier alpha value is -2.28. The van der Waals surface area contributed by atoms with Crippen molar-refractivity contribution in [3.05, 3.63) is 39.8 Å². The molecule has 0 saturated heterocycles. The zero-order valence-corrected chi connectivity index (χ0v) is 15.8. The number of rotatable bonds is 6. The molecule has 1 aliphatic carbocycles. The number of thiazole rings is 1. The molecule has 1 aliphatic heterocycles. The zero-order chi connectivity index (χ0) is 18.1. The van der Waals surface area contributed by atoms with Crippen molar-refractivity contribution in [2.75, 3.05) is 13.3 Å². The first kappa shape index (κ1) is 17.1. The molecule has 2 heterocycles. The maximum atomic E-state index is 12.9. The van der Waals surface area contributed by atoms with Crippen LogP contribution in [0, 0.1) is 12.8 Å². The van der Waals surface area contributed by atoms with E-state index >= 15 is 0 Å². The molecule has 0 spiro atoms. The summed E-state index contributed by atoms with van der Waals surface area (Å²) in [6.45, 7) is 5.46. The predicted molar refractivity (Wildman–Crippen MR) is 99.5 cm³/mol. The van der Waals surface area contributed by atoms with Crippen LogP contribution in [0.4, 0.5) is 4.79 Å². The van der Waals surface area contributed by atoms with Crippen LogP contribution >= 0.6 is 11.3 Å². The summed E-state index contributed by atoms with van der Waals surface area (Å²) in [4.78, 5) is 20.4. The highest BCUT2D eigenvalue weighted by atomic mass is 32.1. The van der Waals surface area contributed by atoms with Crippen molar-refractivity contribution >= 4 is 17.4 Å². The number of carbonyl (C=O) groups is 1. The average molecular weight is 373 g/mol. The normalized spacial score (nSPS) is 16.4. The van der Waals surface area contributed by atoms with E-state index < -0.39 is 0 Å². The van der Waals surface area contributed by atoms with Gasteiger partial charge in [0.25, 0.3) is 0 Å². The Bertz CT molecular complexity index is 803. The van der Waals surface area contributed by atoms with Crippen molar-refractivity contribution in [1.82, 2.24) is 15.2 Å². The number of amides is 2. The third-order valence-electron chi connectivity index (χ3n) is 4.76. The molecule has 1 aromatic heterocycles. The van der Waals surface area contributed by atoms with Crippen LogP contribution in [0.2, 0.25) is 0 Å². The van der Waals surface area contributed by atoms with E-state index in [2.05, 4.69) is 10.3 Å². The third kappa shape index (κ3) is 3.62. The van der Waals surface area contributed by atoms with E-state index in [9.17, 15) is 4.79 Å². The van der Waals surface area contributed by atoms with E-state index in [0.717, 1.165) is 34.9 Å². The molecule has 1 atom stereocenters. The molecule has 138 valence electrons. The summed E-state index contributed by atoms with van der Waals surface area (Å²) in [6.07, 6.45) is 4.18. The number of hydrogen-bond donors (Lipinski definition) is 1. The van der Waals surface area contributed by atoms with Gasteiger partial charge in [0.05, 0.1) is 6.04 Å². The van der Waals surface area contributed by atoms with Gasteiger partial charge < -0.3 is 19.7 Å². The van der Waals surface area contributed by atoms with Gasteiger partial charge in [0, 0.05) is 24.2 Å². The summed E-state index contributed by atoms with van der Waals surface area (Å²) in [5.41, 5.74) is 1.03. The van der Waals surface area contributed by atoms with Crippen molar-refractivity contribution in [1.29, 1.82) is 0 Å². The van der Waals surface area contributed by atoms with Crippen LogP contribution in [0.1, 0.15) is 41.3 Å². The first-order valence-corrected chi connectivity index (χ1v) is 9.82. The molecular formula is C19H23N3O3S. The van der Waals surface area contributed by atoms with E-state index in [0.29, 0.717) is 19.0 Å². The number of nitrogens with zero attached hydrogens (tertiary/aromatic N) is 2. The Morgan fingerprint density at radius 3 is 2.88 bits per heavy atom. The van der Waals surface area contributed by atoms with Crippen LogP contribution in [0.15, 0.2) is 24.4 Å². The Balaban J connectivity index is 1.44. The van der Waals surface area contributed by atoms with Gasteiger partial charge in [-0.1, -0.05) is 6.07 Å². The Morgan fingerprint density at radius 2 is 2.19 bits per heavy atom. The van der Waals surface area contributed by atoms with Crippen LogP contribution in [-0.4, -0.2) is 29.3 Å². The lowest BCUT2D eigenvalue weighted by Gasteiger charge is -2.25. The third-order valence-corrected chi connectivity index (χ3v) is 5.75. The average Bonchev–Trinajstić information content (AvgIpc) is 3.21. The van der Waals surface area contributed by atoms with Crippen molar-refractivity contribution in [2.45, 2.75) is 39.3 Å². The van der Waals surface area contributed by atoms with E-state index in [1.54, 1.807) is 11.3 Å². The highest BCUT2D eigenvalue weighted by Gasteiger charge is 2.36. The summed E-state index contributed by atoms with van der Waals surface area (Å²) in [6, 6.07) is 5.80. The maximum absolute atomic E-state index is 12.9. The Labute approximate surface area is 157 Å². The molecule has 0 bridgehead atoms. The SMILES string of the molecule is CCN(Cc1ccc2c(c1)OCO2)C(=O)NC(c1ncc(C)s1)C1CC1. The number of aryl methyl sites for hydroxylation is 1. The molecule has 1 fully saturated rings. The smallest absolute Gasteiger partial charge is 0.318 e. The maximum Gasteiger partial charge on any atom is 0.318 e. The fraction of sp³-hybridized carbons (Fsp3) is 0.474. The largest absolute Gasteiger partial charge is 0.454 e. The zero-order valence-electron chi connectivity index (χ0n) is 15.0. The minimum absolute atomic E-state index is 0.0204. The van der Waals surface area contributed by atoms with E-state index in [4.69, 9.17) is 9.47 Å². The summed E-state index contributed by atoms with van der Waals surface area (Å²) in [7, 11) is 0. The summed E-state index contributed by atoms with van der Waals surface area (Å²) >= 11 is 1.67. The number of fused-ring (bicyclic) bond motifs is 1. The number of benzene rings is 1. The minimum atomic E-state index is -0.0464. The summed E-state index contributed by atoms with van der Waals surface area (Å²) < 4.78 is 10.8. The molecule has 2 amide bonds. The Kier molecular flexibility index (Phi) is 4.72. The van der Waals surface area contributed by atoms with Crippen LogP contribution in [0.25, 0.3) is 0 Å². The lowest BCUT2D eigenvalue weighted by molar-refractivity contribution is 0.173. The van der Waals surface area contributed by atoms with Gasteiger partial charge in [-0.2, -0.15) is 0 Å². The number of aromatic nitrogens is 1. The second-order valence-electron chi connectivity index (χ2n) is 6.78. The fourth-order valence-corrected chi connectivity index (χ4v) is 4.06. The molecule has 2 aromatic rings. The molecule has 0 radical (unpaired) electrons. The summed E-state index contributed by atoms with van der Waals surface area (Å²) in [5, 5.41) is 4.22. The van der Waals surface area contributed by atoms with Crippen LogP contribution in [0.5, 0.6) is 11.5 Å². The number of ether oxygens (including phenoxy) is 2. The molecular weight excluding hydrogens is 350 g/mol. The van der Waals surface area contributed by atoms with Crippen LogP contribution in [0.3, 0.4) is 0 Å². The number of hydrogen-bond acceptors (Lipinski definition) is 5. The first-order chi connectivity index (χ1) is 12.6. The van der Waals surface area contributed by atoms with Crippen molar-refractivity contribution < 1.29 is 14.3 Å². The highest BCUT2D eigenvalue weighted by molar-refractivity contribution is 7.11. The second-order valence-corrected chi connectivity index (χ2v) is 8.04. The molecule has 2 aliphatic rings. The Morgan fingerprint density at radius 1 is 1.38 bits per heavy atom. The van der Waals surface area contributed by atoms with Gasteiger partial charge in [0.2, 0.25) is 6.79 Å². The quantitative estimate of drug-likeness (QED) is 0.835. The standard InChI is InChI=1S/C19H23N3O3S/c1-3-22(10-13-4-7-15-16(8-13)25-11-24-15)19(23)21-17(14-5-6-14)18-20-9-12(2)26-18/h4,7-9,14,17H,3,5-6,10-11H2,1-2H3,(H,21,23). The lowest BCUT2D eigenvalue weighted by atomic mass is 10.2. The van der Waals surface area contributed by atoms with Crippen molar-refractivity contribution in [2.24, 2.45) is 5.92 Å². The molecule has 1 saturated carbocycles. The molecule has 1 N–H and O–H groups in total. The highest BCUT2D eigenvalue weighted by Crippen LogP contribution is 2.42. The van der Waals surface area contributed by atoms with Gasteiger partial charge in [0.15, 0.2) is 11.5 Å². The van der Waals surface area contributed by atoms with Gasteiger partial charge in [-0.15, -0.1) is 11.3 Å². The summed E-state index contributed by atoms with van der Waals surface area (Å²) in [5.74, 6) is 2.01. The van der Waals surface area contributed by atoms with Crippen LogP contribution < -0.4 is 14.8 Å². The first-order valence-electron chi connectivity index (χ1n) is 9.00. The second kappa shape index (κ2) is 7.15. The number of urea groups is 1. The molecule has 4 rings (SSSR count). The molecule has 6 nitrogen and oxygen atoms in total. The van der Waals surface area contributed by atoms with Gasteiger partial charge in [-0.05, 0) is 50.3 Å². The molecule has 7 heteroatoms. The molecule has 1 aromatic carbocycles. The van der Waals surface area contributed by atoms with Crippen LogP contribution in [-0.2, 0) is 6.54 Å². The minimum Gasteiger partial charge on any atom is -0.454 e. The predicted octanol–water partition coefficient (Wildman–Crippen LogP) is 3.86. The fourth-order valence-electron chi connectivity index (χ4n) is 3.14. The van der Waals surface area contributed by atoms with Gasteiger partial charge in [0.1, 0.15) is 5.01 Å². The lowest BCUT2D eigenvalue weighted by Crippen LogP contribution is -2.41. The number of nitrogens with one attached hydrogen (secondary N) is 1.